The number of carbonyl (C=O) groups excluding carboxylic acids is 2. The molecule has 11 heteroatoms. The Morgan fingerprint density at radius 2 is 0.980 bits per heavy atom. The lowest BCUT2D eigenvalue weighted by Gasteiger charge is -2.26. The average molecular weight is 748 g/mol. The number of ether oxygens (including phenoxy) is 2. The molecule has 0 aliphatic rings. The van der Waals surface area contributed by atoms with Gasteiger partial charge in [0.2, 0.25) is 0 Å². The fourth-order valence-corrected chi connectivity index (χ4v) is 6.47. The molecule has 302 valence electrons. The number of allylic oxidation sites excluding steroid dienone is 2. The molecule has 3 atom stereocenters. The van der Waals surface area contributed by atoms with Crippen molar-refractivity contribution < 1.29 is 47.8 Å². The van der Waals surface area contributed by atoms with Crippen LogP contribution in [0.1, 0.15) is 194 Å². The van der Waals surface area contributed by atoms with Crippen LogP contribution in [0.15, 0.2) is 12.2 Å². The van der Waals surface area contributed by atoms with Crippen LogP contribution in [0.4, 0.5) is 0 Å². The number of aliphatic hydroxyl groups excluding tert-OH is 2. The number of esters is 2. The molecule has 0 aliphatic heterocycles. The minimum atomic E-state index is -4.86. The van der Waals surface area contributed by atoms with E-state index in [2.05, 4.69) is 30.5 Å². The van der Waals surface area contributed by atoms with Crippen molar-refractivity contribution >= 4 is 19.8 Å². The third kappa shape index (κ3) is 36.8. The normalized spacial score (nSPS) is 14.1. The zero-order chi connectivity index (χ0) is 37.7. The van der Waals surface area contributed by atoms with Crippen LogP contribution < -0.4 is 4.89 Å². The highest BCUT2D eigenvalue weighted by Gasteiger charge is 2.21. The number of unbranched alkanes of at least 4 members (excludes halogenated alkanes) is 23. The molecule has 0 saturated heterocycles. The summed E-state index contributed by atoms with van der Waals surface area (Å²) in [5, 5.41) is 18.2. The van der Waals surface area contributed by atoms with Gasteiger partial charge in [-0.05, 0) is 38.5 Å². The molecule has 0 bridgehead atoms. The van der Waals surface area contributed by atoms with E-state index in [4.69, 9.17) is 19.1 Å². The fourth-order valence-electron chi connectivity index (χ4n) is 5.69. The summed E-state index contributed by atoms with van der Waals surface area (Å²) in [6, 6.07) is 0. The van der Waals surface area contributed by atoms with E-state index in [0.717, 1.165) is 57.8 Å². The lowest BCUT2D eigenvalue weighted by Crippen LogP contribution is -2.30. The van der Waals surface area contributed by atoms with E-state index in [1.165, 1.54) is 96.3 Å². The lowest BCUT2D eigenvalue weighted by molar-refractivity contribution is -0.230. The molecule has 0 heterocycles. The number of phosphoric ester groups is 1. The predicted octanol–water partition coefficient (Wildman–Crippen LogP) is 9.81. The summed E-state index contributed by atoms with van der Waals surface area (Å²) in [7, 11) is -4.86. The van der Waals surface area contributed by atoms with E-state index in [-0.39, 0.29) is 19.4 Å². The highest BCUT2D eigenvalue weighted by Crippen LogP contribution is 2.38. The van der Waals surface area contributed by atoms with Crippen molar-refractivity contribution in [2.75, 3.05) is 26.4 Å². The smallest absolute Gasteiger partial charge is 0.306 e. The second-order valence-corrected chi connectivity index (χ2v) is 15.4. The van der Waals surface area contributed by atoms with E-state index in [9.17, 15) is 24.2 Å². The fraction of sp³-hybridized carbons (Fsp3) is 0.900. The number of hydrogen-bond acceptors (Lipinski definition) is 10. The highest BCUT2D eigenvalue weighted by atomic mass is 31.2. The van der Waals surface area contributed by atoms with Gasteiger partial charge in [-0.1, -0.05) is 154 Å². The Morgan fingerprint density at radius 1 is 0.588 bits per heavy atom. The Hall–Kier alpha value is -1.29. The van der Waals surface area contributed by atoms with Gasteiger partial charge in [-0.3, -0.25) is 14.2 Å². The SMILES string of the molecule is CCCCCCCC/C=C\CCCCCCCC(=O)O[C@H](COC(=O)CCCCCCCCCCCCCCC)COP(=O)([O-])OC[C@H](O)CO. The molecule has 0 spiro atoms. The molecular formula is C40H76O10P-. The first kappa shape index (κ1) is 49.7. The van der Waals surface area contributed by atoms with Gasteiger partial charge in [-0.15, -0.1) is 0 Å². The first-order valence-electron chi connectivity index (χ1n) is 20.6. The quantitative estimate of drug-likeness (QED) is 0.0269. The summed E-state index contributed by atoms with van der Waals surface area (Å²) in [5.74, 6) is -0.963. The van der Waals surface area contributed by atoms with Crippen LogP contribution in [0.3, 0.4) is 0 Å². The monoisotopic (exact) mass is 748 g/mol. The second kappa shape index (κ2) is 37.0. The maximum Gasteiger partial charge on any atom is 0.306 e. The molecule has 0 rings (SSSR count). The standard InChI is InChI=1S/C40H77O10P/c1-3-5-7-9-11-13-15-17-18-20-22-24-26-28-30-32-40(44)50-38(36-49-51(45,46)48-34-37(42)33-41)35-47-39(43)31-29-27-25-23-21-19-16-14-12-10-8-6-4-2/h17-18,37-38,41-42H,3-16,19-36H2,1-2H3,(H,45,46)/p-1/b18-17-/t37-,38-/m1/s1. The Kier molecular flexibility index (Phi) is 36.1. The summed E-state index contributed by atoms with van der Waals surface area (Å²) in [6.07, 6.45) is 32.9. The van der Waals surface area contributed by atoms with Gasteiger partial charge in [0.1, 0.15) is 12.7 Å². The van der Waals surface area contributed by atoms with Crippen LogP contribution in [0.5, 0.6) is 0 Å². The highest BCUT2D eigenvalue weighted by molar-refractivity contribution is 7.45. The van der Waals surface area contributed by atoms with E-state index >= 15 is 0 Å². The summed E-state index contributed by atoms with van der Waals surface area (Å²) in [4.78, 5) is 37.0. The maximum absolute atomic E-state index is 12.6. The van der Waals surface area contributed by atoms with Gasteiger partial charge in [-0.25, -0.2) is 0 Å². The molecule has 0 aromatic heterocycles. The Labute approximate surface area is 311 Å². The molecule has 0 saturated carbocycles. The van der Waals surface area contributed by atoms with Crippen LogP contribution in [-0.4, -0.2) is 60.8 Å². The van der Waals surface area contributed by atoms with Crippen molar-refractivity contribution in [2.45, 2.75) is 206 Å². The number of hydrogen-bond donors (Lipinski definition) is 2. The summed E-state index contributed by atoms with van der Waals surface area (Å²) in [5.41, 5.74) is 0. The molecule has 51 heavy (non-hydrogen) atoms. The molecule has 1 unspecified atom stereocenters. The van der Waals surface area contributed by atoms with Crippen LogP contribution in [0.2, 0.25) is 0 Å². The maximum atomic E-state index is 12.6. The molecule has 2 N–H and O–H groups in total. The van der Waals surface area contributed by atoms with Gasteiger partial charge in [0.05, 0.1) is 19.8 Å². The number of phosphoric acid groups is 1. The third-order valence-electron chi connectivity index (χ3n) is 8.91. The molecule has 10 nitrogen and oxygen atoms in total. The third-order valence-corrected chi connectivity index (χ3v) is 9.84. The minimum absolute atomic E-state index is 0.162. The van der Waals surface area contributed by atoms with Gasteiger partial charge in [0.25, 0.3) is 7.82 Å². The zero-order valence-electron chi connectivity index (χ0n) is 32.5. The molecular weight excluding hydrogens is 671 g/mol. The van der Waals surface area contributed by atoms with Crippen molar-refractivity contribution in [2.24, 2.45) is 0 Å². The molecule has 0 radical (unpaired) electrons. The molecule has 0 aliphatic carbocycles. The van der Waals surface area contributed by atoms with E-state index in [1.54, 1.807) is 0 Å². The van der Waals surface area contributed by atoms with Crippen molar-refractivity contribution in [3.05, 3.63) is 12.2 Å². The number of carbonyl (C=O) groups is 2. The second-order valence-electron chi connectivity index (χ2n) is 14.0. The Balaban J connectivity index is 4.32. The molecule has 0 aromatic rings. The van der Waals surface area contributed by atoms with Crippen molar-refractivity contribution in [3.63, 3.8) is 0 Å². The van der Waals surface area contributed by atoms with Gasteiger partial charge in [0.15, 0.2) is 6.10 Å². The molecule has 0 amide bonds. The van der Waals surface area contributed by atoms with E-state index in [1.807, 2.05) is 0 Å². The van der Waals surface area contributed by atoms with Crippen LogP contribution in [0, 0.1) is 0 Å². The van der Waals surface area contributed by atoms with Crippen LogP contribution in [-0.2, 0) is 32.7 Å². The van der Waals surface area contributed by atoms with E-state index in [0.29, 0.717) is 12.8 Å². The van der Waals surface area contributed by atoms with Gasteiger partial charge in [0, 0.05) is 12.8 Å². The van der Waals surface area contributed by atoms with Gasteiger partial charge < -0.3 is 33.6 Å². The van der Waals surface area contributed by atoms with Gasteiger partial charge >= 0.3 is 11.9 Å². The Bertz CT molecular complexity index is 868. The zero-order valence-corrected chi connectivity index (χ0v) is 33.4. The minimum Gasteiger partial charge on any atom is -0.756 e. The summed E-state index contributed by atoms with van der Waals surface area (Å²) in [6.45, 7) is 2.19. The van der Waals surface area contributed by atoms with Gasteiger partial charge in [-0.2, -0.15) is 0 Å². The summed E-state index contributed by atoms with van der Waals surface area (Å²) >= 11 is 0. The van der Waals surface area contributed by atoms with Crippen molar-refractivity contribution in [1.82, 2.24) is 0 Å². The van der Waals surface area contributed by atoms with E-state index < -0.39 is 51.8 Å². The average Bonchev–Trinajstić information content (AvgIpc) is 3.12. The van der Waals surface area contributed by atoms with Crippen molar-refractivity contribution in [1.29, 1.82) is 0 Å². The number of aliphatic hydroxyl groups is 2. The first-order valence-corrected chi connectivity index (χ1v) is 22.1. The number of rotatable bonds is 39. The summed E-state index contributed by atoms with van der Waals surface area (Å²) < 4.78 is 32.3. The Morgan fingerprint density at radius 3 is 1.43 bits per heavy atom. The lowest BCUT2D eigenvalue weighted by atomic mass is 10.0. The predicted molar refractivity (Wildman–Crippen MR) is 203 cm³/mol. The van der Waals surface area contributed by atoms with Crippen molar-refractivity contribution in [3.8, 4) is 0 Å². The van der Waals surface area contributed by atoms with Crippen LogP contribution in [0.25, 0.3) is 0 Å². The van der Waals surface area contributed by atoms with Crippen LogP contribution >= 0.6 is 7.82 Å². The largest absolute Gasteiger partial charge is 0.756 e. The topological polar surface area (TPSA) is 152 Å². The molecule has 0 aromatic carbocycles. The first-order chi connectivity index (χ1) is 24.7. The molecule has 0 fully saturated rings.